The van der Waals surface area contributed by atoms with E-state index in [0.29, 0.717) is 19.6 Å². The van der Waals surface area contributed by atoms with Crippen LogP contribution in [-0.2, 0) is 9.53 Å². The number of benzene rings is 1. The van der Waals surface area contributed by atoms with E-state index in [1.807, 2.05) is 34.9 Å². The second kappa shape index (κ2) is 8.30. The quantitative estimate of drug-likeness (QED) is 0.795. The maximum absolute atomic E-state index is 13.0. The van der Waals surface area contributed by atoms with Gasteiger partial charge in [0.05, 0.1) is 13.7 Å². The van der Waals surface area contributed by atoms with E-state index in [1.165, 1.54) is 0 Å². The van der Waals surface area contributed by atoms with Gasteiger partial charge in [0.2, 0.25) is 5.91 Å². The molecule has 2 amide bonds. The number of rotatable bonds is 5. The van der Waals surface area contributed by atoms with Crippen molar-refractivity contribution in [1.82, 2.24) is 9.80 Å². The topological polar surface area (TPSA) is 59.1 Å². The summed E-state index contributed by atoms with van der Waals surface area (Å²) in [5.41, 5.74) is 1.83. The molecule has 0 bridgehead atoms. The molecule has 0 aliphatic carbocycles. The maximum Gasteiger partial charge on any atom is 0.254 e. The predicted molar refractivity (Wildman–Crippen MR) is 103 cm³/mol. The summed E-state index contributed by atoms with van der Waals surface area (Å²) in [6, 6.07) is 5.60. The Morgan fingerprint density at radius 3 is 2.56 bits per heavy atom. The van der Waals surface area contributed by atoms with Gasteiger partial charge in [-0.2, -0.15) is 0 Å². The highest BCUT2D eigenvalue weighted by molar-refractivity contribution is 5.95. The minimum Gasteiger partial charge on any atom is -0.497 e. The van der Waals surface area contributed by atoms with Crippen LogP contribution in [0.15, 0.2) is 18.2 Å². The first-order valence-corrected chi connectivity index (χ1v) is 9.69. The first-order chi connectivity index (χ1) is 13.0. The van der Waals surface area contributed by atoms with E-state index in [4.69, 9.17) is 9.47 Å². The number of carbonyl (C=O) groups excluding carboxylic acids is 2. The van der Waals surface area contributed by atoms with Gasteiger partial charge in [-0.05, 0) is 55.4 Å². The molecule has 6 heteroatoms. The lowest BCUT2D eigenvalue weighted by Gasteiger charge is -2.47. The summed E-state index contributed by atoms with van der Waals surface area (Å²) in [4.78, 5) is 29.0. The van der Waals surface area contributed by atoms with Crippen LogP contribution >= 0.6 is 0 Å². The third kappa shape index (κ3) is 4.26. The number of aryl methyl sites for hydroxylation is 1. The number of amides is 2. The van der Waals surface area contributed by atoms with E-state index in [9.17, 15) is 9.59 Å². The molecule has 0 saturated carbocycles. The molecule has 0 atom stereocenters. The Hall–Kier alpha value is -2.08. The van der Waals surface area contributed by atoms with Crippen molar-refractivity contribution in [3.8, 4) is 5.75 Å². The highest BCUT2D eigenvalue weighted by Gasteiger charge is 2.41. The summed E-state index contributed by atoms with van der Waals surface area (Å²) in [6.45, 7) is 5.46. The molecule has 2 saturated heterocycles. The standard InChI is InChI=1S/C21H30N2O4/c1-16-14-17(27-3)4-5-18(16)20(25)22-10-8-21(9-11-22)7-6-19(24)23(15-21)12-13-26-2/h4-5,14H,6-13,15H2,1-3H3. The first-order valence-electron chi connectivity index (χ1n) is 9.69. The number of piperidine rings is 2. The van der Waals surface area contributed by atoms with Crippen LogP contribution in [0.3, 0.4) is 0 Å². The van der Waals surface area contributed by atoms with Gasteiger partial charge >= 0.3 is 0 Å². The fraction of sp³-hybridized carbons (Fsp3) is 0.619. The molecular weight excluding hydrogens is 344 g/mol. The Bertz CT molecular complexity index is 695. The van der Waals surface area contributed by atoms with Gasteiger partial charge in [-0.1, -0.05) is 0 Å². The van der Waals surface area contributed by atoms with Crippen molar-refractivity contribution in [2.24, 2.45) is 5.41 Å². The van der Waals surface area contributed by atoms with Crippen LogP contribution in [0.1, 0.15) is 41.6 Å². The van der Waals surface area contributed by atoms with E-state index in [2.05, 4.69) is 0 Å². The zero-order valence-corrected chi connectivity index (χ0v) is 16.6. The van der Waals surface area contributed by atoms with Crippen molar-refractivity contribution in [1.29, 1.82) is 0 Å². The van der Waals surface area contributed by atoms with E-state index in [1.54, 1.807) is 14.2 Å². The fourth-order valence-corrected chi connectivity index (χ4v) is 4.27. The Morgan fingerprint density at radius 1 is 1.19 bits per heavy atom. The fourth-order valence-electron chi connectivity index (χ4n) is 4.27. The molecule has 148 valence electrons. The highest BCUT2D eigenvalue weighted by atomic mass is 16.5. The lowest BCUT2D eigenvalue weighted by atomic mass is 9.72. The average Bonchev–Trinajstić information content (AvgIpc) is 2.69. The molecule has 3 rings (SSSR count). The van der Waals surface area contributed by atoms with Gasteiger partial charge in [-0.3, -0.25) is 9.59 Å². The lowest BCUT2D eigenvalue weighted by Crippen LogP contribution is -2.53. The number of methoxy groups -OCH3 is 2. The second-order valence-corrected chi connectivity index (χ2v) is 7.78. The molecule has 1 spiro atoms. The van der Waals surface area contributed by atoms with Gasteiger partial charge < -0.3 is 19.3 Å². The van der Waals surface area contributed by atoms with E-state index >= 15 is 0 Å². The van der Waals surface area contributed by atoms with Crippen molar-refractivity contribution in [2.75, 3.05) is 47.0 Å². The highest BCUT2D eigenvalue weighted by Crippen LogP contribution is 2.40. The zero-order chi connectivity index (χ0) is 19.4. The minimum absolute atomic E-state index is 0.0909. The van der Waals surface area contributed by atoms with Gasteiger partial charge in [-0.25, -0.2) is 0 Å². The van der Waals surface area contributed by atoms with Crippen LogP contribution in [0.2, 0.25) is 0 Å². The summed E-state index contributed by atoms with van der Waals surface area (Å²) < 4.78 is 10.4. The van der Waals surface area contributed by atoms with Crippen LogP contribution in [0, 0.1) is 12.3 Å². The van der Waals surface area contributed by atoms with Crippen LogP contribution in [-0.4, -0.2) is 68.6 Å². The molecule has 0 aromatic heterocycles. The van der Waals surface area contributed by atoms with E-state index < -0.39 is 0 Å². The Labute approximate surface area is 161 Å². The van der Waals surface area contributed by atoms with Gasteiger partial charge in [0.25, 0.3) is 5.91 Å². The number of ether oxygens (including phenoxy) is 2. The largest absolute Gasteiger partial charge is 0.497 e. The smallest absolute Gasteiger partial charge is 0.254 e. The molecule has 0 N–H and O–H groups in total. The molecule has 0 radical (unpaired) electrons. The molecule has 6 nitrogen and oxygen atoms in total. The third-order valence-corrected chi connectivity index (χ3v) is 6.09. The van der Waals surface area contributed by atoms with Crippen molar-refractivity contribution >= 4 is 11.8 Å². The van der Waals surface area contributed by atoms with Crippen molar-refractivity contribution in [3.63, 3.8) is 0 Å². The van der Waals surface area contributed by atoms with Gasteiger partial charge in [-0.15, -0.1) is 0 Å². The van der Waals surface area contributed by atoms with Crippen molar-refractivity contribution in [2.45, 2.75) is 32.6 Å². The molecule has 1 aromatic rings. The number of likely N-dealkylation sites (tertiary alicyclic amines) is 2. The molecule has 2 heterocycles. The summed E-state index contributed by atoms with van der Waals surface area (Å²) in [5, 5.41) is 0. The molecule has 2 fully saturated rings. The van der Waals surface area contributed by atoms with Gasteiger partial charge in [0.1, 0.15) is 5.75 Å². The molecule has 2 aliphatic rings. The molecule has 0 unspecified atom stereocenters. The number of hydrogen-bond acceptors (Lipinski definition) is 4. The van der Waals surface area contributed by atoms with Gasteiger partial charge in [0.15, 0.2) is 0 Å². The Morgan fingerprint density at radius 2 is 1.93 bits per heavy atom. The summed E-state index contributed by atoms with van der Waals surface area (Å²) in [5.74, 6) is 1.09. The van der Waals surface area contributed by atoms with Crippen LogP contribution in [0.4, 0.5) is 0 Å². The Kier molecular flexibility index (Phi) is 6.05. The van der Waals surface area contributed by atoms with Crippen molar-refractivity contribution < 1.29 is 19.1 Å². The van der Waals surface area contributed by atoms with Crippen LogP contribution in [0.25, 0.3) is 0 Å². The molecule has 1 aromatic carbocycles. The van der Waals surface area contributed by atoms with E-state index in [-0.39, 0.29) is 17.2 Å². The summed E-state index contributed by atoms with van der Waals surface area (Å²) >= 11 is 0. The maximum atomic E-state index is 13.0. The number of carbonyl (C=O) groups is 2. The van der Waals surface area contributed by atoms with Crippen LogP contribution < -0.4 is 4.74 Å². The monoisotopic (exact) mass is 374 g/mol. The number of hydrogen-bond donors (Lipinski definition) is 0. The summed E-state index contributed by atoms with van der Waals surface area (Å²) in [6.07, 6.45) is 3.43. The predicted octanol–water partition coefficient (Wildman–Crippen LogP) is 2.49. The minimum atomic E-state index is 0.0909. The third-order valence-electron chi connectivity index (χ3n) is 6.09. The lowest BCUT2D eigenvalue weighted by molar-refractivity contribution is -0.139. The SMILES string of the molecule is COCCN1CC2(CCC1=O)CCN(C(=O)c1ccc(OC)cc1C)CC2. The molecular formula is C21H30N2O4. The number of nitrogens with zero attached hydrogens (tertiary/aromatic N) is 2. The second-order valence-electron chi connectivity index (χ2n) is 7.78. The first kappa shape index (κ1) is 19.7. The van der Waals surface area contributed by atoms with Crippen molar-refractivity contribution in [3.05, 3.63) is 29.3 Å². The van der Waals surface area contributed by atoms with E-state index in [0.717, 1.165) is 55.8 Å². The van der Waals surface area contributed by atoms with Gasteiger partial charge in [0, 0.05) is 45.3 Å². The zero-order valence-electron chi connectivity index (χ0n) is 16.6. The Balaban J connectivity index is 1.63. The summed E-state index contributed by atoms with van der Waals surface area (Å²) in [7, 11) is 3.29. The normalized spacial score (nSPS) is 19.4. The molecule has 27 heavy (non-hydrogen) atoms. The van der Waals surface area contributed by atoms with Crippen LogP contribution in [0.5, 0.6) is 5.75 Å². The average molecular weight is 374 g/mol. The molecule has 2 aliphatic heterocycles.